The van der Waals surface area contributed by atoms with E-state index in [1.54, 1.807) is 20.1 Å². The van der Waals surface area contributed by atoms with Gasteiger partial charge in [-0.3, -0.25) is 0 Å². The minimum absolute atomic E-state index is 0.247. The fourth-order valence-electron chi connectivity index (χ4n) is 2.13. The maximum atomic E-state index is 11.5. The van der Waals surface area contributed by atoms with Crippen LogP contribution in [0.15, 0.2) is 33.3 Å². The van der Waals surface area contributed by atoms with E-state index in [9.17, 15) is 4.79 Å². The lowest BCUT2D eigenvalue weighted by Gasteiger charge is -1.97. The first-order valence-electron chi connectivity index (χ1n) is 6.15. The van der Waals surface area contributed by atoms with Gasteiger partial charge >= 0.3 is 5.97 Å². The maximum Gasteiger partial charge on any atom is 0.363 e. The van der Waals surface area contributed by atoms with E-state index in [2.05, 4.69) is 4.99 Å². The van der Waals surface area contributed by atoms with Crippen LogP contribution >= 0.6 is 0 Å². The molecule has 1 aliphatic rings. The topological polar surface area (TPSA) is 61.0 Å². The number of furan rings is 1. The molecule has 0 radical (unpaired) electrons. The molecule has 0 N–H and O–H groups in total. The number of hydrogen-bond acceptors (Lipinski definition) is 5. The van der Waals surface area contributed by atoms with E-state index >= 15 is 0 Å². The largest absolute Gasteiger partial charge is 0.497 e. The molecule has 0 saturated heterocycles. The minimum atomic E-state index is -0.458. The van der Waals surface area contributed by atoms with Crippen LogP contribution in [0.2, 0.25) is 0 Å². The molecule has 3 rings (SSSR count). The molecule has 5 heteroatoms. The number of aliphatic imine (C=N–C) groups is 1. The van der Waals surface area contributed by atoms with Gasteiger partial charge in [-0.2, -0.15) is 0 Å². The number of carbonyl (C=O) groups excluding carboxylic acids is 1. The number of hydrogen-bond donors (Lipinski definition) is 0. The lowest BCUT2D eigenvalue weighted by Crippen LogP contribution is -1.99. The van der Waals surface area contributed by atoms with Gasteiger partial charge in [0.2, 0.25) is 0 Å². The van der Waals surface area contributed by atoms with Gasteiger partial charge in [-0.15, -0.1) is 0 Å². The second kappa shape index (κ2) is 4.52. The lowest BCUT2D eigenvalue weighted by atomic mass is 10.1. The fraction of sp³-hybridized carbons (Fsp3) is 0.200. The molecule has 1 aromatic heterocycles. The van der Waals surface area contributed by atoms with Gasteiger partial charge in [-0.1, -0.05) is 0 Å². The Bertz CT molecular complexity index is 768. The molecule has 20 heavy (non-hydrogen) atoms. The van der Waals surface area contributed by atoms with Crippen molar-refractivity contribution in [3.63, 3.8) is 0 Å². The van der Waals surface area contributed by atoms with E-state index in [1.165, 1.54) is 0 Å². The summed E-state index contributed by atoms with van der Waals surface area (Å²) < 4.78 is 15.8. The second-order valence-electron chi connectivity index (χ2n) is 4.50. The highest BCUT2D eigenvalue weighted by Crippen LogP contribution is 2.30. The highest BCUT2D eigenvalue weighted by atomic mass is 16.6. The fourth-order valence-corrected chi connectivity index (χ4v) is 2.13. The van der Waals surface area contributed by atoms with Gasteiger partial charge in [-0.25, -0.2) is 9.79 Å². The van der Waals surface area contributed by atoms with Crippen LogP contribution in [0.5, 0.6) is 5.75 Å². The maximum absolute atomic E-state index is 11.5. The summed E-state index contributed by atoms with van der Waals surface area (Å²) in [5, 5.41) is 0.977. The third kappa shape index (κ3) is 1.97. The molecular formula is C15H13NO4. The van der Waals surface area contributed by atoms with Crippen molar-refractivity contribution in [1.82, 2.24) is 0 Å². The number of rotatable bonds is 2. The second-order valence-corrected chi connectivity index (χ2v) is 4.50. The number of cyclic esters (lactones) is 1. The number of nitrogens with zero attached hydrogens (tertiary/aromatic N) is 1. The normalized spacial score (nSPS) is 16.6. The molecule has 0 atom stereocenters. The highest BCUT2D eigenvalue weighted by Gasteiger charge is 2.21. The number of benzene rings is 1. The summed E-state index contributed by atoms with van der Waals surface area (Å²) >= 11 is 0. The van der Waals surface area contributed by atoms with E-state index in [-0.39, 0.29) is 5.70 Å². The summed E-state index contributed by atoms with van der Waals surface area (Å²) in [4.78, 5) is 15.6. The van der Waals surface area contributed by atoms with Crippen LogP contribution < -0.4 is 4.74 Å². The summed E-state index contributed by atoms with van der Waals surface area (Å²) in [6.07, 6.45) is 1.60. The molecule has 1 aliphatic heterocycles. The van der Waals surface area contributed by atoms with Crippen molar-refractivity contribution in [1.29, 1.82) is 0 Å². The standard InChI is InChI=1S/C15H13NO4/c1-8-11-5-4-10(18-3)6-14(11)20-13(8)7-12-15(17)19-9(2)16-12/h4-7H,1-3H3/b12-7-. The predicted molar refractivity (Wildman–Crippen MR) is 74.7 cm³/mol. The average molecular weight is 271 g/mol. The van der Waals surface area contributed by atoms with E-state index in [0.29, 0.717) is 17.2 Å². The molecular weight excluding hydrogens is 258 g/mol. The molecule has 0 amide bonds. The third-order valence-electron chi connectivity index (χ3n) is 3.18. The number of methoxy groups -OCH3 is 1. The zero-order chi connectivity index (χ0) is 14.3. The zero-order valence-corrected chi connectivity index (χ0v) is 11.4. The van der Waals surface area contributed by atoms with E-state index in [1.807, 2.05) is 25.1 Å². The molecule has 0 spiro atoms. The summed E-state index contributed by atoms with van der Waals surface area (Å²) in [7, 11) is 1.60. The van der Waals surface area contributed by atoms with Crippen molar-refractivity contribution < 1.29 is 18.7 Å². The van der Waals surface area contributed by atoms with Gasteiger partial charge in [0, 0.05) is 30.0 Å². The SMILES string of the molecule is COc1ccc2c(C)c(/C=C3\N=C(C)OC3=O)oc2c1. The molecule has 2 heterocycles. The van der Waals surface area contributed by atoms with Crippen molar-refractivity contribution in [3.05, 3.63) is 35.2 Å². The average Bonchev–Trinajstić information content (AvgIpc) is 2.90. The molecule has 0 aliphatic carbocycles. The third-order valence-corrected chi connectivity index (χ3v) is 3.18. The molecule has 102 valence electrons. The van der Waals surface area contributed by atoms with E-state index in [0.717, 1.165) is 16.7 Å². The van der Waals surface area contributed by atoms with E-state index < -0.39 is 5.97 Å². The van der Waals surface area contributed by atoms with Crippen LogP contribution in [-0.2, 0) is 9.53 Å². The predicted octanol–water partition coefficient (Wildman–Crippen LogP) is 3.07. The van der Waals surface area contributed by atoms with Gasteiger partial charge in [0.05, 0.1) is 7.11 Å². The number of ether oxygens (including phenoxy) is 2. The zero-order valence-electron chi connectivity index (χ0n) is 11.4. The van der Waals surface area contributed by atoms with E-state index in [4.69, 9.17) is 13.9 Å². The first-order chi connectivity index (χ1) is 9.58. The Balaban J connectivity index is 2.11. The van der Waals surface area contributed by atoms with Gasteiger partial charge in [-0.05, 0) is 19.1 Å². The van der Waals surface area contributed by atoms with Crippen molar-refractivity contribution in [2.75, 3.05) is 7.11 Å². The van der Waals surface area contributed by atoms with Gasteiger partial charge in [0.15, 0.2) is 11.6 Å². The monoisotopic (exact) mass is 271 g/mol. The first-order valence-corrected chi connectivity index (χ1v) is 6.15. The molecule has 0 fully saturated rings. The van der Waals surface area contributed by atoms with Crippen molar-refractivity contribution >= 4 is 28.9 Å². The van der Waals surface area contributed by atoms with Gasteiger partial charge in [0.1, 0.15) is 17.1 Å². The van der Waals surface area contributed by atoms with Crippen LogP contribution in [0.25, 0.3) is 17.0 Å². The Morgan fingerprint density at radius 3 is 2.75 bits per heavy atom. The van der Waals surface area contributed by atoms with Crippen LogP contribution in [-0.4, -0.2) is 19.0 Å². The quantitative estimate of drug-likeness (QED) is 0.622. The number of carbonyl (C=O) groups is 1. The molecule has 5 nitrogen and oxygen atoms in total. The van der Waals surface area contributed by atoms with Crippen LogP contribution in [0.1, 0.15) is 18.2 Å². The Hall–Kier alpha value is -2.56. The number of fused-ring (bicyclic) bond motifs is 1. The Morgan fingerprint density at radius 1 is 1.30 bits per heavy atom. The summed E-state index contributed by atoms with van der Waals surface area (Å²) in [5.41, 5.74) is 1.90. The molecule has 1 aromatic carbocycles. The van der Waals surface area contributed by atoms with Crippen molar-refractivity contribution in [2.24, 2.45) is 4.99 Å². The van der Waals surface area contributed by atoms with Crippen molar-refractivity contribution in [3.8, 4) is 5.75 Å². The molecule has 0 unspecified atom stereocenters. The number of esters is 1. The van der Waals surface area contributed by atoms with Gasteiger partial charge < -0.3 is 13.9 Å². The van der Waals surface area contributed by atoms with Crippen LogP contribution in [0.4, 0.5) is 0 Å². The number of aryl methyl sites for hydroxylation is 1. The smallest absolute Gasteiger partial charge is 0.363 e. The molecule has 2 aromatic rings. The molecule has 0 bridgehead atoms. The summed E-state index contributed by atoms with van der Waals surface area (Å²) in [6.45, 7) is 3.57. The van der Waals surface area contributed by atoms with Crippen LogP contribution in [0, 0.1) is 6.92 Å². The minimum Gasteiger partial charge on any atom is -0.497 e. The molecule has 0 saturated carbocycles. The highest BCUT2D eigenvalue weighted by molar-refractivity contribution is 6.06. The summed E-state index contributed by atoms with van der Waals surface area (Å²) in [6, 6.07) is 5.61. The van der Waals surface area contributed by atoms with Crippen LogP contribution in [0.3, 0.4) is 0 Å². The lowest BCUT2D eigenvalue weighted by molar-refractivity contribution is -0.130. The van der Waals surface area contributed by atoms with Crippen molar-refractivity contribution in [2.45, 2.75) is 13.8 Å². The Labute approximate surface area is 115 Å². The first kappa shape index (κ1) is 12.5. The summed E-state index contributed by atoms with van der Waals surface area (Å²) in [5.74, 6) is 1.20. The Morgan fingerprint density at radius 2 is 2.10 bits per heavy atom. The van der Waals surface area contributed by atoms with Gasteiger partial charge in [0.25, 0.3) is 0 Å². The Kier molecular flexibility index (Phi) is 2.82.